The molecule has 0 spiro atoms. The zero-order chi connectivity index (χ0) is 12.7. The van der Waals surface area contributed by atoms with Crippen molar-refractivity contribution in [3.63, 3.8) is 0 Å². The summed E-state index contributed by atoms with van der Waals surface area (Å²) < 4.78 is 0. The predicted molar refractivity (Wildman–Crippen MR) is 66.2 cm³/mol. The minimum absolute atomic E-state index is 0.123. The van der Waals surface area contributed by atoms with E-state index in [9.17, 15) is 20.0 Å². The number of fused-ring (bicyclic) bond motifs is 1. The molecule has 0 saturated heterocycles. The Labute approximate surface area is 100 Å². The van der Waals surface area contributed by atoms with E-state index in [2.05, 4.69) is 0 Å². The van der Waals surface area contributed by atoms with Crippen molar-refractivity contribution in [1.29, 1.82) is 0 Å². The van der Waals surface area contributed by atoms with Crippen LogP contribution in [0.4, 0.5) is 5.69 Å². The highest BCUT2D eigenvalue weighted by Crippen LogP contribution is 2.35. The van der Waals surface area contributed by atoms with Crippen LogP contribution in [0.2, 0.25) is 0 Å². The third-order valence-corrected chi connectivity index (χ3v) is 3.74. The quantitative estimate of drug-likeness (QED) is 0.495. The molecular weight excluding hydrogens is 242 g/mol. The van der Waals surface area contributed by atoms with E-state index in [1.54, 1.807) is 0 Å². The summed E-state index contributed by atoms with van der Waals surface area (Å²) in [6.45, 7) is 0. The standard InChI is InChI=1S/C11H9NO4S/c1-17(2)11-9(13)7-4-3-6(12(15)16)5-8(7)10(11)14/h3-5H,1-2H3/p+1. The van der Waals surface area contributed by atoms with Crippen molar-refractivity contribution >= 4 is 28.1 Å². The number of aliphatic hydroxyl groups excluding tert-OH is 1. The molecular formula is C11H10NO4S+. The van der Waals surface area contributed by atoms with E-state index in [1.807, 2.05) is 12.5 Å². The number of nitrogens with zero attached hydrogens (tertiary/aromatic N) is 1. The molecule has 0 aliphatic heterocycles. The number of nitro groups is 1. The fraction of sp³-hybridized carbons (Fsp3) is 0.182. The van der Waals surface area contributed by atoms with Crippen molar-refractivity contribution in [2.45, 2.75) is 0 Å². The molecule has 1 N–H and O–H groups in total. The highest BCUT2D eigenvalue weighted by molar-refractivity contribution is 8.00. The van der Waals surface area contributed by atoms with E-state index in [4.69, 9.17) is 0 Å². The maximum absolute atomic E-state index is 11.9. The zero-order valence-electron chi connectivity index (χ0n) is 9.26. The van der Waals surface area contributed by atoms with Crippen molar-refractivity contribution in [2.24, 2.45) is 0 Å². The highest BCUT2D eigenvalue weighted by Gasteiger charge is 2.38. The molecule has 1 aliphatic rings. The average Bonchev–Trinajstić information content (AvgIpc) is 2.51. The minimum atomic E-state index is -0.548. The first-order valence-corrected chi connectivity index (χ1v) is 6.82. The van der Waals surface area contributed by atoms with Crippen LogP contribution in [0.5, 0.6) is 0 Å². The molecule has 0 saturated carbocycles. The van der Waals surface area contributed by atoms with Gasteiger partial charge >= 0.3 is 0 Å². The van der Waals surface area contributed by atoms with Gasteiger partial charge in [0.2, 0.25) is 10.7 Å². The third kappa shape index (κ3) is 1.70. The van der Waals surface area contributed by atoms with Crippen LogP contribution in [0.15, 0.2) is 23.1 Å². The molecule has 0 radical (unpaired) electrons. The molecule has 0 atom stereocenters. The number of ketones is 1. The number of non-ortho nitro benzene ring substituents is 1. The summed E-state index contributed by atoms with van der Waals surface area (Å²) in [5.41, 5.74) is 0.473. The fourth-order valence-corrected chi connectivity index (χ4v) is 2.75. The summed E-state index contributed by atoms with van der Waals surface area (Å²) in [5.74, 6) is -0.359. The Morgan fingerprint density at radius 1 is 1.29 bits per heavy atom. The molecule has 88 valence electrons. The van der Waals surface area contributed by atoms with Crippen molar-refractivity contribution in [3.8, 4) is 0 Å². The number of rotatable bonds is 2. The van der Waals surface area contributed by atoms with Gasteiger partial charge in [0.05, 0.1) is 4.92 Å². The maximum atomic E-state index is 11.9. The van der Waals surface area contributed by atoms with E-state index in [-0.39, 0.29) is 33.7 Å². The molecule has 0 amide bonds. The molecule has 5 nitrogen and oxygen atoms in total. The van der Waals surface area contributed by atoms with Crippen LogP contribution in [-0.2, 0) is 10.9 Å². The van der Waals surface area contributed by atoms with E-state index >= 15 is 0 Å². The van der Waals surface area contributed by atoms with Gasteiger partial charge in [-0.2, -0.15) is 0 Å². The molecule has 0 fully saturated rings. The molecule has 2 rings (SSSR count). The van der Waals surface area contributed by atoms with Crippen molar-refractivity contribution in [3.05, 3.63) is 44.3 Å². The molecule has 0 heterocycles. The van der Waals surface area contributed by atoms with Crippen LogP contribution < -0.4 is 0 Å². The van der Waals surface area contributed by atoms with E-state index in [0.717, 1.165) is 0 Å². The number of carbonyl (C=O) groups is 1. The first-order chi connectivity index (χ1) is 7.93. The summed E-state index contributed by atoms with van der Waals surface area (Å²) in [6.07, 6.45) is 3.65. The number of nitro benzene ring substituents is 1. The highest BCUT2D eigenvalue weighted by atomic mass is 32.2. The van der Waals surface area contributed by atoms with Crippen LogP contribution >= 0.6 is 0 Å². The largest absolute Gasteiger partial charge is 0.503 e. The SMILES string of the molecule is C[S+](C)C1=C(O)c2cc([N+](=O)[O-])ccc2C1=O. The second kappa shape index (κ2) is 3.89. The fourth-order valence-electron chi connectivity index (χ4n) is 1.77. The van der Waals surface area contributed by atoms with Gasteiger partial charge in [0, 0.05) is 34.2 Å². The van der Waals surface area contributed by atoms with Gasteiger partial charge in [-0.15, -0.1) is 0 Å². The first kappa shape index (κ1) is 11.7. The van der Waals surface area contributed by atoms with E-state index in [0.29, 0.717) is 10.5 Å². The van der Waals surface area contributed by atoms with Crippen molar-refractivity contribution in [2.75, 3.05) is 12.5 Å². The lowest BCUT2D eigenvalue weighted by Gasteiger charge is -1.97. The lowest BCUT2D eigenvalue weighted by atomic mass is 10.1. The molecule has 1 aromatic carbocycles. The monoisotopic (exact) mass is 252 g/mol. The van der Waals surface area contributed by atoms with Gasteiger partial charge in [0.15, 0.2) is 5.76 Å². The smallest absolute Gasteiger partial charge is 0.270 e. The van der Waals surface area contributed by atoms with Crippen LogP contribution in [0.3, 0.4) is 0 Å². The van der Waals surface area contributed by atoms with Gasteiger partial charge in [0.1, 0.15) is 12.5 Å². The summed E-state index contributed by atoms with van der Waals surface area (Å²) >= 11 is 0. The van der Waals surface area contributed by atoms with Crippen LogP contribution in [0, 0.1) is 10.1 Å². The van der Waals surface area contributed by atoms with Gasteiger partial charge in [-0.05, 0) is 6.07 Å². The van der Waals surface area contributed by atoms with E-state index in [1.165, 1.54) is 18.2 Å². The number of allylic oxidation sites excluding steroid dienone is 1. The Morgan fingerprint density at radius 3 is 2.47 bits per heavy atom. The predicted octanol–water partition coefficient (Wildman–Crippen LogP) is 1.90. The number of aliphatic hydroxyl groups is 1. The Kier molecular flexibility index (Phi) is 2.66. The normalized spacial score (nSPS) is 14.4. The molecule has 1 aliphatic carbocycles. The number of Topliss-reactive ketones (excluding diaryl/α,β-unsaturated/α-hetero) is 1. The second-order valence-corrected chi connectivity index (χ2v) is 5.85. The van der Waals surface area contributed by atoms with Gasteiger partial charge in [-0.1, -0.05) is 0 Å². The molecule has 0 aromatic heterocycles. The lowest BCUT2D eigenvalue weighted by molar-refractivity contribution is -0.384. The molecule has 0 unspecified atom stereocenters. The minimum Gasteiger partial charge on any atom is -0.503 e. The summed E-state index contributed by atoms with van der Waals surface area (Å²) in [7, 11) is -0.384. The zero-order valence-corrected chi connectivity index (χ0v) is 10.1. The number of carbonyl (C=O) groups excluding carboxylic acids is 1. The number of hydrogen-bond acceptors (Lipinski definition) is 4. The van der Waals surface area contributed by atoms with Crippen molar-refractivity contribution in [1.82, 2.24) is 0 Å². The van der Waals surface area contributed by atoms with Gasteiger partial charge in [0.25, 0.3) is 5.69 Å². The van der Waals surface area contributed by atoms with Crippen LogP contribution in [-0.4, -0.2) is 28.3 Å². The van der Waals surface area contributed by atoms with Gasteiger partial charge in [-0.25, -0.2) is 0 Å². The maximum Gasteiger partial charge on any atom is 0.270 e. The van der Waals surface area contributed by atoms with Gasteiger partial charge in [-0.3, -0.25) is 14.9 Å². The second-order valence-electron chi connectivity index (χ2n) is 3.81. The molecule has 6 heteroatoms. The summed E-state index contributed by atoms with van der Waals surface area (Å²) in [6, 6.07) is 3.91. The number of hydrogen-bond donors (Lipinski definition) is 1. The summed E-state index contributed by atoms with van der Waals surface area (Å²) in [4.78, 5) is 22.4. The van der Waals surface area contributed by atoms with Crippen LogP contribution in [0.25, 0.3) is 5.76 Å². The first-order valence-electron chi connectivity index (χ1n) is 4.78. The van der Waals surface area contributed by atoms with Gasteiger partial charge < -0.3 is 5.11 Å². The number of benzene rings is 1. The van der Waals surface area contributed by atoms with Crippen LogP contribution in [0.1, 0.15) is 15.9 Å². The lowest BCUT2D eigenvalue weighted by Crippen LogP contribution is -2.08. The summed E-state index contributed by atoms with van der Waals surface area (Å²) in [5, 5.41) is 20.6. The third-order valence-electron chi connectivity index (χ3n) is 2.54. The molecule has 17 heavy (non-hydrogen) atoms. The Morgan fingerprint density at radius 2 is 1.94 bits per heavy atom. The molecule has 1 aromatic rings. The van der Waals surface area contributed by atoms with Crippen molar-refractivity contribution < 1.29 is 14.8 Å². The molecule has 0 bridgehead atoms. The van der Waals surface area contributed by atoms with E-state index < -0.39 is 4.92 Å². The Hall–Kier alpha value is -1.82. The topological polar surface area (TPSA) is 80.4 Å². The Bertz CT molecular complexity index is 563. The Balaban J connectivity index is 2.62. The average molecular weight is 252 g/mol.